The molecule has 0 aromatic heterocycles. The van der Waals surface area contributed by atoms with Crippen molar-refractivity contribution >= 4 is 27.5 Å². The quantitative estimate of drug-likeness (QED) is 0.875. The Kier molecular flexibility index (Phi) is 4.40. The Morgan fingerprint density at radius 1 is 1.44 bits per heavy atom. The first kappa shape index (κ1) is 13.6. The number of carbonyl (C=O) groups excluding carboxylic acids is 1. The highest BCUT2D eigenvalue weighted by Crippen LogP contribution is 2.34. The fourth-order valence-electron chi connectivity index (χ4n) is 2.33. The van der Waals surface area contributed by atoms with Gasteiger partial charge in [0.1, 0.15) is 0 Å². The third-order valence-electron chi connectivity index (χ3n) is 3.27. The van der Waals surface area contributed by atoms with Gasteiger partial charge in [0.25, 0.3) is 0 Å². The van der Waals surface area contributed by atoms with Gasteiger partial charge in [-0.25, -0.2) is 0 Å². The molecule has 0 spiro atoms. The summed E-state index contributed by atoms with van der Waals surface area (Å²) in [6, 6.07) is 4.51. The molecule has 1 atom stereocenters. The normalized spacial score (nSPS) is 15.4. The van der Waals surface area contributed by atoms with Crippen molar-refractivity contribution in [1.82, 2.24) is 5.32 Å². The van der Waals surface area contributed by atoms with Crippen molar-refractivity contribution in [2.75, 3.05) is 11.9 Å². The third kappa shape index (κ3) is 2.75. The molecule has 0 radical (unpaired) electrons. The lowest BCUT2D eigenvalue weighted by atomic mass is 10.0. The maximum absolute atomic E-state index is 11.4. The summed E-state index contributed by atoms with van der Waals surface area (Å²) < 4.78 is 1.07. The topological polar surface area (TPSA) is 41.1 Å². The summed E-state index contributed by atoms with van der Waals surface area (Å²) >= 11 is 3.61. The van der Waals surface area contributed by atoms with Crippen molar-refractivity contribution in [3.63, 3.8) is 0 Å². The van der Waals surface area contributed by atoms with Crippen LogP contribution in [0.5, 0.6) is 0 Å². The minimum atomic E-state index is 0.0867. The highest BCUT2D eigenvalue weighted by molar-refractivity contribution is 9.10. The highest BCUT2D eigenvalue weighted by Gasteiger charge is 2.21. The molecule has 1 unspecified atom stereocenters. The summed E-state index contributed by atoms with van der Waals surface area (Å²) in [6.07, 6.45) is 2.66. The van der Waals surface area contributed by atoms with Crippen LogP contribution in [0.4, 0.5) is 5.69 Å². The van der Waals surface area contributed by atoms with Crippen molar-refractivity contribution in [2.45, 2.75) is 39.2 Å². The lowest BCUT2D eigenvalue weighted by molar-refractivity contribution is -0.115. The smallest absolute Gasteiger partial charge is 0.228 e. The molecule has 4 heteroatoms. The van der Waals surface area contributed by atoms with E-state index in [4.69, 9.17) is 0 Å². The molecule has 1 aliphatic rings. The van der Waals surface area contributed by atoms with Crippen molar-refractivity contribution in [2.24, 2.45) is 0 Å². The summed E-state index contributed by atoms with van der Waals surface area (Å²) in [5.41, 5.74) is 3.30. The van der Waals surface area contributed by atoms with Crippen molar-refractivity contribution < 1.29 is 4.79 Å². The van der Waals surface area contributed by atoms with E-state index in [1.54, 1.807) is 0 Å². The molecule has 0 bridgehead atoms. The maximum Gasteiger partial charge on any atom is 0.228 e. The lowest BCUT2D eigenvalue weighted by Gasteiger charge is -2.19. The molecule has 0 saturated carbocycles. The summed E-state index contributed by atoms with van der Waals surface area (Å²) in [5, 5.41) is 6.42. The second-order valence-electron chi connectivity index (χ2n) is 4.67. The predicted octanol–water partition coefficient (Wildman–Crippen LogP) is 3.39. The van der Waals surface area contributed by atoms with Crippen LogP contribution in [0.15, 0.2) is 16.6 Å². The van der Waals surface area contributed by atoms with Crippen LogP contribution in [0, 0.1) is 0 Å². The zero-order chi connectivity index (χ0) is 13.1. The largest absolute Gasteiger partial charge is 0.325 e. The van der Waals surface area contributed by atoms with Crippen LogP contribution in [0.3, 0.4) is 0 Å². The molecule has 18 heavy (non-hydrogen) atoms. The fourth-order valence-corrected chi connectivity index (χ4v) is 2.95. The molecule has 0 aliphatic carbocycles. The Balaban J connectivity index is 2.27. The monoisotopic (exact) mass is 310 g/mol. The van der Waals surface area contributed by atoms with Gasteiger partial charge in [-0.1, -0.05) is 35.8 Å². The standard InChI is InChI=1S/C14H19BrN2O/c1-3-5-16-12(4-2)10-6-9-7-14(18)17-13(9)8-11(10)15/h6,8,12,16H,3-5,7H2,1-2H3,(H,17,18). The average molecular weight is 311 g/mol. The number of carbonyl (C=O) groups is 1. The summed E-state index contributed by atoms with van der Waals surface area (Å²) in [4.78, 5) is 11.4. The second-order valence-corrected chi connectivity index (χ2v) is 5.53. The van der Waals surface area contributed by atoms with Gasteiger partial charge in [-0.05, 0) is 36.6 Å². The van der Waals surface area contributed by atoms with Gasteiger partial charge in [0, 0.05) is 16.2 Å². The zero-order valence-electron chi connectivity index (χ0n) is 10.8. The molecule has 1 aromatic rings. The van der Waals surface area contributed by atoms with Crippen molar-refractivity contribution in [1.29, 1.82) is 0 Å². The molecule has 1 amide bonds. The number of rotatable bonds is 5. The number of hydrogen-bond donors (Lipinski definition) is 2. The molecule has 3 nitrogen and oxygen atoms in total. The van der Waals surface area contributed by atoms with Crippen molar-refractivity contribution in [3.8, 4) is 0 Å². The molecule has 98 valence electrons. The summed E-state index contributed by atoms with van der Waals surface area (Å²) in [7, 11) is 0. The van der Waals surface area contributed by atoms with Gasteiger partial charge in [-0.3, -0.25) is 4.79 Å². The van der Waals surface area contributed by atoms with Crippen molar-refractivity contribution in [3.05, 3.63) is 27.7 Å². The van der Waals surface area contributed by atoms with E-state index in [-0.39, 0.29) is 5.91 Å². The Labute approximate surface area is 116 Å². The first-order valence-corrected chi connectivity index (χ1v) is 7.30. The van der Waals surface area contributed by atoms with E-state index < -0.39 is 0 Å². The van der Waals surface area contributed by atoms with E-state index in [0.717, 1.165) is 35.1 Å². The zero-order valence-corrected chi connectivity index (χ0v) is 12.4. The van der Waals surface area contributed by atoms with Gasteiger partial charge in [-0.2, -0.15) is 0 Å². The number of fused-ring (bicyclic) bond motifs is 1. The molecular formula is C14H19BrN2O. The SMILES string of the molecule is CCCNC(CC)c1cc2c(cc1Br)NC(=O)C2. The number of amides is 1. The Morgan fingerprint density at radius 3 is 2.89 bits per heavy atom. The minimum absolute atomic E-state index is 0.0867. The van der Waals surface area contributed by atoms with E-state index in [2.05, 4.69) is 46.5 Å². The average Bonchev–Trinajstić information content (AvgIpc) is 2.69. The molecule has 0 saturated heterocycles. The predicted molar refractivity (Wildman–Crippen MR) is 77.8 cm³/mol. The number of benzene rings is 1. The Morgan fingerprint density at radius 2 is 2.22 bits per heavy atom. The van der Waals surface area contributed by atoms with Crippen LogP contribution in [0.1, 0.15) is 43.9 Å². The summed E-state index contributed by atoms with van der Waals surface area (Å²) in [5.74, 6) is 0.0867. The maximum atomic E-state index is 11.4. The number of hydrogen-bond acceptors (Lipinski definition) is 2. The molecule has 2 rings (SSSR count). The second kappa shape index (κ2) is 5.85. The van der Waals surface area contributed by atoms with Crippen LogP contribution >= 0.6 is 15.9 Å². The molecule has 1 aromatic carbocycles. The van der Waals surface area contributed by atoms with Gasteiger partial charge in [-0.15, -0.1) is 0 Å². The van der Waals surface area contributed by atoms with Gasteiger partial charge < -0.3 is 10.6 Å². The third-order valence-corrected chi connectivity index (χ3v) is 3.96. The Hall–Kier alpha value is -0.870. The molecule has 0 fully saturated rings. The Bertz CT molecular complexity index is 459. The first-order valence-electron chi connectivity index (χ1n) is 6.51. The number of anilines is 1. The van der Waals surface area contributed by atoms with Gasteiger partial charge in [0.2, 0.25) is 5.91 Å². The number of halogens is 1. The van der Waals surface area contributed by atoms with Crippen LogP contribution in [0.2, 0.25) is 0 Å². The van der Waals surface area contributed by atoms with E-state index in [1.807, 2.05) is 6.07 Å². The van der Waals surface area contributed by atoms with Gasteiger partial charge >= 0.3 is 0 Å². The van der Waals surface area contributed by atoms with E-state index in [1.165, 1.54) is 5.56 Å². The van der Waals surface area contributed by atoms with E-state index in [0.29, 0.717) is 12.5 Å². The molecule has 1 aliphatic heterocycles. The van der Waals surface area contributed by atoms with Gasteiger partial charge in [0.05, 0.1) is 6.42 Å². The first-order chi connectivity index (χ1) is 8.65. The van der Waals surface area contributed by atoms with Crippen LogP contribution in [-0.2, 0) is 11.2 Å². The van der Waals surface area contributed by atoms with Gasteiger partial charge in [0.15, 0.2) is 0 Å². The minimum Gasteiger partial charge on any atom is -0.325 e. The highest BCUT2D eigenvalue weighted by atomic mass is 79.9. The van der Waals surface area contributed by atoms with Crippen LogP contribution in [-0.4, -0.2) is 12.5 Å². The summed E-state index contributed by atoms with van der Waals surface area (Å²) in [6.45, 7) is 5.36. The lowest BCUT2D eigenvalue weighted by Crippen LogP contribution is -2.21. The van der Waals surface area contributed by atoms with E-state index >= 15 is 0 Å². The molecular weight excluding hydrogens is 292 g/mol. The van der Waals surface area contributed by atoms with Crippen LogP contribution in [0.25, 0.3) is 0 Å². The van der Waals surface area contributed by atoms with Crippen LogP contribution < -0.4 is 10.6 Å². The van der Waals surface area contributed by atoms with E-state index in [9.17, 15) is 4.79 Å². The number of nitrogens with one attached hydrogen (secondary N) is 2. The molecule has 1 heterocycles. The fraction of sp³-hybridized carbons (Fsp3) is 0.500. The molecule has 2 N–H and O–H groups in total.